The highest BCUT2D eigenvalue weighted by Gasteiger charge is 2.58. The minimum absolute atomic E-state index is 0.811. The van der Waals surface area contributed by atoms with Crippen LogP contribution in [0.25, 0.3) is 0 Å². The molecule has 328 valence electrons. The molecule has 26 heteroatoms. The summed E-state index contributed by atoms with van der Waals surface area (Å²) in [5.74, 6) is -2.56. The molecule has 0 unspecified atom stereocenters. The fourth-order valence-electron chi connectivity index (χ4n) is 7.09. The lowest BCUT2D eigenvalue weighted by atomic mass is 9.95. The van der Waals surface area contributed by atoms with Crippen molar-refractivity contribution in [3.63, 3.8) is 0 Å². The standard InChI is InChI=1S/C30H52O26/c31-1-7-12(37)13(38)17(42)26(48-7)52-21-8(2-32)49-27(18(43)14(21)39)53-22-9(3-33)50-28(19(44)15(22)40)54-23-10(4-34)51-29(20(45)16(23)41)55-24-11(5-35)56-30(47,6-36)25(24)46/h7-29,31-47H,1-6H2/t7-,8-,9-,10-,11-,12-,13+,14-,15-,16-,17-,18-,19-,20-,21-,22-,23-,24-,25+,26-,27-,28-,29-,30-/m1/s1. The molecule has 17 N–H and O–H groups in total. The summed E-state index contributed by atoms with van der Waals surface area (Å²) in [6.07, 6.45) is -42.1. The van der Waals surface area contributed by atoms with Gasteiger partial charge >= 0.3 is 0 Å². The van der Waals surface area contributed by atoms with Gasteiger partial charge in [0.2, 0.25) is 5.79 Å². The molecule has 0 aromatic heterocycles. The quantitative estimate of drug-likeness (QED) is 0.0773. The van der Waals surface area contributed by atoms with Crippen molar-refractivity contribution in [2.24, 2.45) is 0 Å². The van der Waals surface area contributed by atoms with Gasteiger partial charge in [-0.3, -0.25) is 0 Å². The maximum absolute atomic E-state index is 11.1. The van der Waals surface area contributed by atoms with E-state index < -0.39 is 187 Å². The normalized spacial score (nSPS) is 53.0. The minimum atomic E-state index is -2.56. The van der Waals surface area contributed by atoms with Gasteiger partial charge in [-0.25, -0.2) is 0 Å². The summed E-state index contributed by atoms with van der Waals surface area (Å²) in [4.78, 5) is 0. The summed E-state index contributed by atoms with van der Waals surface area (Å²) >= 11 is 0. The second kappa shape index (κ2) is 19.1. The Morgan fingerprint density at radius 2 is 0.661 bits per heavy atom. The molecule has 0 bridgehead atoms. The van der Waals surface area contributed by atoms with Gasteiger partial charge in [0.1, 0.15) is 116 Å². The topological polar surface area (TPSA) is 427 Å². The number of hydrogen-bond acceptors (Lipinski definition) is 26. The summed E-state index contributed by atoms with van der Waals surface area (Å²) in [5, 5.41) is 176. The van der Waals surface area contributed by atoms with Crippen molar-refractivity contribution in [1.29, 1.82) is 0 Å². The second-order valence-electron chi connectivity index (χ2n) is 14.0. The molecule has 56 heavy (non-hydrogen) atoms. The van der Waals surface area contributed by atoms with Crippen LogP contribution in [0, 0.1) is 0 Å². The van der Waals surface area contributed by atoms with E-state index >= 15 is 0 Å². The summed E-state index contributed by atoms with van der Waals surface area (Å²) in [6, 6.07) is 0. The highest BCUT2D eigenvalue weighted by molar-refractivity contribution is 5.00. The minimum Gasteiger partial charge on any atom is -0.394 e. The molecule has 5 rings (SSSR count). The SMILES string of the molecule is OC[C@H]1O[C@H](O[C@H]2[C@H](O)[C@@H](O)[C@@H](O[C@H]3[C@H](O)[C@@H](O)[C@@H](O[C@H]4[C@H](O)[C@@H](O)[C@@H](O[C@@H]5[C@@H](CO)O[C@](O)(CO)[C@H]5O)O[C@@H]4CO)O[C@@H]3CO)O[C@@H]2CO)[C@H](O)[C@@H](O)[C@@H]1O. The maximum Gasteiger partial charge on any atom is 0.219 e. The summed E-state index contributed by atoms with van der Waals surface area (Å²) in [7, 11) is 0. The summed E-state index contributed by atoms with van der Waals surface area (Å²) in [5.41, 5.74) is 0. The number of aliphatic hydroxyl groups excluding tert-OH is 16. The molecule has 0 radical (unpaired) electrons. The van der Waals surface area contributed by atoms with Crippen LogP contribution in [0.1, 0.15) is 0 Å². The van der Waals surface area contributed by atoms with Crippen LogP contribution in [0.3, 0.4) is 0 Å². The Balaban J connectivity index is 1.23. The van der Waals surface area contributed by atoms with Crippen LogP contribution in [0.2, 0.25) is 0 Å². The van der Waals surface area contributed by atoms with Crippen molar-refractivity contribution >= 4 is 0 Å². The van der Waals surface area contributed by atoms with E-state index in [0.29, 0.717) is 0 Å². The first-order chi connectivity index (χ1) is 26.5. The van der Waals surface area contributed by atoms with Crippen LogP contribution < -0.4 is 0 Å². The molecule has 0 aromatic carbocycles. The molecular weight excluding hydrogens is 776 g/mol. The Morgan fingerprint density at radius 3 is 0.982 bits per heavy atom. The predicted molar refractivity (Wildman–Crippen MR) is 167 cm³/mol. The zero-order valence-corrected chi connectivity index (χ0v) is 29.3. The number of hydrogen-bond donors (Lipinski definition) is 17. The second-order valence-corrected chi connectivity index (χ2v) is 14.0. The van der Waals surface area contributed by atoms with Gasteiger partial charge in [-0.2, -0.15) is 0 Å². The van der Waals surface area contributed by atoms with Crippen molar-refractivity contribution in [2.75, 3.05) is 39.6 Å². The Morgan fingerprint density at radius 1 is 0.357 bits per heavy atom. The Bertz CT molecular complexity index is 1220. The van der Waals surface area contributed by atoms with Crippen LogP contribution >= 0.6 is 0 Å². The van der Waals surface area contributed by atoms with Gasteiger partial charge in [-0.15, -0.1) is 0 Å². The van der Waals surface area contributed by atoms with Gasteiger partial charge in [-0.05, 0) is 0 Å². The Kier molecular flexibility index (Phi) is 15.7. The van der Waals surface area contributed by atoms with Gasteiger partial charge < -0.3 is 129 Å². The summed E-state index contributed by atoms with van der Waals surface area (Å²) in [6.45, 7) is -5.63. The van der Waals surface area contributed by atoms with E-state index in [1.54, 1.807) is 0 Å². The Labute approximate surface area is 316 Å². The smallest absolute Gasteiger partial charge is 0.219 e. The fraction of sp³-hybridized carbons (Fsp3) is 1.00. The average molecular weight is 829 g/mol. The molecule has 5 saturated heterocycles. The number of rotatable bonds is 14. The van der Waals surface area contributed by atoms with Crippen LogP contribution in [-0.2, 0) is 42.6 Å². The highest BCUT2D eigenvalue weighted by Crippen LogP contribution is 2.37. The van der Waals surface area contributed by atoms with E-state index in [0.717, 1.165) is 0 Å². The molecule has 24 atom stereocenters. The van der Waals surface area contributed by atoms with E-state index in [9.17, 15) is 86.8 Å². The monoisotopic (exact) mass is 828 g/mol. The molecule has 0 aromatic rings. The van der Waals surface area contributed by atoms with E-state index in [1.807, 2.05) is 0 Å². The van der Waals surface area contributed by atoms with Crippen LogP contribution in [-0.4, -0.2) is 273 Å². The molecule has 0 aliphatic carbocycles. The maximum atomic E-state index is 11.1. The molecule has 0 spiro atoms. The van der Waals surface area contributed by atoms with Gasteiger partial charge in [0.15, 0.2) is 25.2 Å². The first-order valence-electron chi connectivity index (χ1n) is 17.6. The van der Waals surface area contributed by atoms with Crippen molar-refractivity contribution in [3.8, 4) is 0 Å². The van der Waals surface area contributed by atoms with Crippen molar-refractivity contribution < 1.29 is 129 Å². The first kappa shape index (κ1) is 46.0. The molecule has 0 saturated carbocycles. The van der Waals surface area contributed by atoms with E-state index in [1.165, 1.54) is 0 Å². The molecule has 5 fully saturated rings. The molecule has 0 amide bonds. The zero-order valence-electron chi connectivity index (χ0n) is 29.3. The van der Waals surface area contributed by atoms with Gasteiger partial charge in [0.25, 0.3) is 0 Å². The van der Waals surface area contributed by atoms with E-state index in [2.05, 4.69) is 0 Å². The van der Waals surface area contributed by atoms with Crippen LogP contribution in [0.5, 0.6) is 0 Å². The Hall–Kier alpha value is -1.04. The van der Waals surface area contributed by atoms with E-state index in [-0.39, 0.29) is 0 Å². The molecule has 5 aliphatic heterocycles. The average Bonchev–Trinajstić information content (AvgIpc) is 3.44. The van der Waals surface area contributed by atoms with E-state index in [4.69, 9.17) is 42.6 Å². The van der Waals surface area contributed by atoms with Gasteiger partial charge in [0, 0.05) is 0 Å². The lowest BCUT2D eigenvalue weighted by Gasteiger charge is -2.49. The molecular formula is C30H52O26. The fourth-order valence-corrected chi connectivity index (χ4v) is 7.09. The third-order valence-corrected chi connectivity index (χ3v) is 10.4. The van der Waals surface area contributed by atoms with Gasteiger partial charge in [0.05, 0.1) is 39.6 Å². The molecule has 5 heterocycles. The third-order valence-electron chi connectivity index (χ3n) is 10.4. The lowest BCUT2D eigenvalue weighted by molar-refractivity contribution is -0.389. The van der Waals surface area contributed by atoms with Crippen molar-refractivity contribution in [3.05, 3.63) is 0 Å². The number of aliphatic hydroxyl groups is 17. The predicted octanol–water partition coefficient (Wildman–Crippen LogP) is -11.9. The zero-order chi connectivity index (χ0) is 41.4. The first-order valence-corrected chi connectivity index (χ1v) is 17.6. The van der Waals surface area contributed by atoms with Gasteiger partial charge in [-0.1, -0.05) is 0 Å². The number of ether oxygens (including phenoxy) is 9. The van der Waals surface area contributed by atoms with Crippen molar-refractivity contribution in [1.82, 2.24) is 0 Å². The lowest BCUT2D eigenvalue weighted by Crippen LogP contribution is -2.67. The summed E-state index contributed by atoms with van der Waals surface area (Å²) < 4.78 is 49.1. The van der Waals surface area contributed by atoms with Crippen molar-refractivity contribution in [2.45, 2.75) is 147 Å². The molecule has 26 nitrogen and oxygen atoms in total. The third kappa shape index (κ3) is 8.87. The van der Waals surface area contributed by atoms with Crippen LogP contribution in [0.4, 0.5) is 0 Å². The largest absolute Gasteiger partial charge is 0.394 e. The molecule has 5 aliphatic rings. The highest BCUT2D eigenvalue weighted by atomic mass is 16.8. The van der Waals surface area contributed by atoms with Crippen LogP contribution in [0.15, 0.2) is 0 Å².